The van der Waals surface area contributed by atoms with Gasteiger partial charge in [0.05, 0.1) is 17.2 Å². The molecule has 0 N–H and O–H groups in total. The number of esters is 1. The minimum absolute atomic E-state index is 0.0789. The number of ether oxygens (including phenoxy) is 1. The van der Waals surface area contributed by atoms with Crippen LogP contribution in [0.3, 0.4) is 0 Å². The van der Waals surface area contributed by atoms with Gasteiger partial charge in [0.1, 0.15) is 10.7 Å². The molecule has 0 unspecified atom stereocenters. The van der Waals surface area contributed by atoms with Crippen LogP contribution in [0.15, 0.2) is 17.0 Å². The van der Waals surface area contributed by atoms with Crippen LogP contribution in [0.2, 0.25) is 5.02 Å². The fourth-order valence-electron chi connectivity index (χ4n) is 1.08. The SMILES string of the molecule is CCOC(=O)c1cc(S(=O)(=O)Cl)c(F)cc1Cl. The zero-order chi connectivity index (χ0) is 13.2. The number of hydrogen-bond acceptors (Lipinski definition) is 4. The topological polar surface area (TPSA) is 60.4 Å². The lowest BCUT2D eigenvalue weighted by molar-refractivity contribution is 0.0526. The molecule has 0 fully saturated rings. The van der Waals surface area contributed by atoms with E-state index in [9.17, 15) is 17.6 Å². The minimum atomic E-state index is -4.29. The van der Waals surface area contributed by atoms with Crippen LogP contribution in [0.1, 0.15) is 17.3 Å². The van der Waals surface area contributed by atoms with Gasteiger partial charge in [-0.2, -0.15) is 0 Å². The normalized spacial score (nSPS) is 11.3. The molecule has 0 amide bonds. The third kappa shape index (κ3) is 3.31. The maximum atomic E-state index is 13.3. The summed E-state index contributed by atoms with van der Waals surface area (Å²) >= 11 is 5.60. The molecule has 4 nitrogen and oxygen atoms in total. The number of carbonyl (C=O) groups is 1. The van der Waals surface area contributed by atoms with Gasteiger partial charge in [0, 0.05) is 10.7 Å². The molecule has 0 spiro atoms. The van der Waals surface area contributed by atoms with Crippen molar-refractivity contribution < 1.29 is 22.3 Å². The highest BCUT2D eigenvalue weighted by atomic mass is 35.7. The fraction of sp³-hybridized carbons (Fsp3) is 0.222. The van der Waals surface area contributed by atoms with Crippen LogP contribution in [0.4, 0.5) is 4.39 Å². The average Bonchev–Trinajstić information content (AvgIpc) is 2.15. The highest BCUT2D eigenvalue weighted by Crippen LogP contribution is 2.26. The predicted molar refractivity (Wildman–Crippen MR) is 60.4 cm³/mol. The second-order valence-corrected chi connectivity index (χ2v) is 5.86. The molecule has 0 aliphatic carbocycles. The zero-order valence-electron chi connectivity index (χ0n) is 8.54. The van der Waals surface area contributed by atoms with Crippen molar-refractivity contribution in [3.05, 3.63) is 28.5 Å². The van der Waals surface area contributed by atoms with E-state index in [4.69, 9.17) is 22.3 Å². The van der Waals surface area contributed by atoms with Gasteiger partial charge in [-0.1, -0.05) is 11.6 Å². The molecule has 94 valence electrons. The van der Waals surface area contributed by atoms with E-state index in [2.05, 4.69) is 4.74 Å². The number of carbonyl (C=O) groups excluding carboxylic acids is 1. The van der Waals surface area contributed by atoms with Crippen LogP contribution >= 0.6 is 22.3 Å². The Labute approximate surface area is 107 Å². The van der Waals surface area contributed by atoms with Gasteiger partial charge >= 0.3 is 5.97 Å². The maximum absolute atomic E-state index is 13.3. The van der Waals surface area contributed by atoms with E-state index in [1.807, 2.05) is 0 Å². The van der Waals surface area contributed by atoms with Gasteiger partial charge in [-0.15, -0.1) is 0 Å². The fourth-order valence-corrected chi connectivity index (χ4v) is 2.21. The van der Waals surface area contributed by atoms with E-state index >= 15 is 0 Å². The standard InChI is InChI=1S/C9H7Cl2FO4S/c1-2-16-9(13)5-3-8(17(11,14)15)7(12)4-6(5)10/h3-4H,2H2,1H3. The molecule has 0 saturated heterocycles. The summed E-state index contributed by atoms with van der Waals surface area (Å²) in [7, 11) is 0.717. The van der Waals surface area contributed by atoms with E-state index in [1.165, 1.54) is 0 Å². The van der Waals surface area contributed by atoms with Crippen LogP contribution in [0.5, 0.6) is 0 Å². The van der Waals surface area contributed by atoms with Crippen LogP contribution < -0.4 is 0 Å². The zero-order valence-corrected chi connectivity index (χ0v) is 10.9. The van der Waals surface area contributed by atoms with E-state index in [-0.39, 0.29) is 17.2 Å². The van der Waals surface area contributed by atoms with Crippen molar-refractivity contribution in [3.8, 4) is 0 Å². The van der Waals surface area contributed by atoms with Crippen LogP contribution in [-0.2, 0) is 13.8 Å². The van der Waals surface area contributed by atoms with Gasteiger partial charge in [-0.25, -0.2) is 17.6 Å². The molecule has 0 aromatic heterocycles. The molecule has 1 aromatic carbocycles. The van der Waals surface area contributed by atoms with Gasteiger partial charge in [0.15, 0.2) is 0 Å². The summed E-state index contributed by atoms with van der Waals surface area (Å²) in [6.45, 7) is 1.64. The van der Waals surface area contributed by atoms with E-state index in [0.29, 0.717) is 6.07 Å². The van der Waals surface area contributed by atoms with Gasteiger partial charge in [0.2, 0.25) is 0 Å². The Kier molecular flexibility index (Phi) is 4.35. The molecule has 0 atom stereocenters. The first-order chi connectivity index (χ1) is 7.77. The summed E-state index contributed by atoms with van der Waals surface area (Å²) < 4.78 is 40.0. The van der Waals surface area contributed by atoms with Crippen LogP contribution in [-0.4, -0.2) is 21.0 Å². The van der Waals surface area contributed by atoms with E-state index in [0.717, 1.165) is 6.07 Å². The van der Waals surface area contributed by atoms with Crippen LogP contribution in [0, 0.1) is 5.82 Å². The highest BCUT2D eigenvalue weighted by molar-refractivity contribution is 8.13. The van der Waals surface area contributed by atoms with Crippen molar-refractivity contribution in [1.29, 1.82) is 0 Å². The summed E-state index contributed by atoms with van der Waals surface area (Å²) in [5, 5.41) is -0.245. The van der Waals surface area contributed by atoms with Crippen molar-refractivity contribution >= 4 is 37.3 Å². The Morgan fingerprint density at radius 3 is 2.53 bits per heavy atom. The maximum Gasteiger partial charge on any atom is 0.339 e. The lowest BCUT2D eigenvalue weighted by Gasteiger charge is -2.06. The monoisotopic (exact) mass is 300 g/mol. The lowest BCUT2D eigenvalue weighted by atomic mass is 10.2. The minimum Gasteiger partial charge on any atom is -0.462 e. The van der Waals surface area contributed by atoms with E-state index in [1.54, 1.807) is 6.92 Å². The predicted octanol–water partition coefficient (Wildman–Crippen LogP) is 2.58. The first kappa shape index (κ1) is 14.2. The molecule has 8 heteroatoms. The third-order valence-corrected chi connectivity index (χ3v) is 3.43. The highest BCUT2D eigenvalue weighted by Gasteiger charge is 2.22. The first-order valence-corrected chi connectivity index (χ1v) is 7.07. The summed E-state index contributed by atoms with van der Waals surface area (Å²) in [5.41, 5.74) is -0.255. The van der Waals surface area contributed by atoms with Crippen molar-refractivity contribution in [3.63, 3.8) is 0 Å². The quantitative estimate of drug-likeness (QED) is 0.636. The summed E-state index contributed by atoms with van der Waals surface area (Å²) in [6, 6.07) is 1.45. The molecule has 0 aliphatic rings. The third-order valence-electron chi connectivity index (χ3n) is 1.78. The number of halogens is 3. The molecule has 0 radical (unpaired) electrons. The Bertz CT molecular complexity index is 556. The van der Waals surface area contributed by atoms with Crippen molar-refractivity contribution in [2.45, 2.75) is 11.8 Å². The Morgan fingerprint density at radius 2 is 2.06 bits per heavy atom. The van der Waals surface area contributed by atoms with Crippen molar-refractivity contribution in [2.75, 3.05) is 6.61 Å². The Morgan fingerprint density at radius 1 is 1.47 bits per heavy atom. The van der Waals surface area contributed by atoms with Crippen molar-refractivity contribution in [1.82, 2.24) is 0 Å². The molecule has 17 heavy (non-hydrogen) atoms. The summed E-state index contributed by atoms with van der Waals surface area (Å²) in [4.78, 5) is 10.6. The van der Waals surface area contributed by atoms with Gasteiger partial charge in [-0.3, -0.25) is 0 Å². The summed E-state index contributed by atoms with van der Waals surface area (Å²) in [6.07, 6.45) is 0. The molecule has 0 bridgehead atoms. The number of benzene rings is 1. The molecular formula is C9H7Cl2FO4S. The first-order valence-electron chi connectivity index (χ1n) is 4.38. The average molecular weight is 301 g/mol. The second-order valence-electron chi connectivity index (χ2n) is 2.92. The number of hydrogen-bond donors (Lipinski definition) is 0. The Balaban J connectivity index is 3.39. The molecule has 0 saturated carbocycles. The molecule has 0 heterocycles. The Hall–Kier alpha value is -0.850. The van der Waals surface area contributed by atoms with Gasteiger partial charge in [0.25, 0.3) is 9.05 Å². The van der Waals surface area contributed by atoms with Gasteiger partial charge in [-0.05, 0) is 19.1 Å². The van der Waals surface area contributed by atoms with Crippen LogP contribution in [0.25, 0.3) is 0 Å². The lowest BCUT2D eigenvalue weighted by Crippen LogP contribution is -2.08. The largest absolute Gasteiger partial charge is 0.462 e. The smallest absolute Gasteiger partial charge is 0.339 e. The molecule has 0 aliphatic heterocycles. The molecule has 1 rings (SSSR count). The summed E-state index contributed by atoms with van der Waals surface area (Å²) in [5.74, 6) is -1.97. The van der Waals surface area contributed by atoms with Crippen molar-refractivity contribution in [2.24, 2.45) is 0 Å². The van der Waals surface area contributed by atoms with E-state index < -0.39 is 25.7 Å². The second kappa shape index (κ2) is 5.20. The van der Waals surface area contributed by atoms with Gasteiger partial charge < -0.3 is 4.74 Å². The molecular weight excluding hydrogens is 294 g/mol. The molecule has 1 aromatic rings. The number of rotatable bonds is 3.